The molecule has 94 valence electrons. The van der Waals surface area contributed by atoms with E-state index in [2.05, 4.69) is 4.98 Å². The molecule has 0 radical (unpaired) electrons. The Balaban J connectivity index is 2.39. The third-order valence-electron chi connectivity index (χ3n) is 2.37. The maximum absolute atomic E-state index is 13.1. The van der Waals surface area contributed by atoms with Crippen LogP contribution in [0.4, 0.5) is 8.78 Å². The Morgan fingerprint density at radius 1 is 1.39 bits per heavy atom. The van der Waals surface area contributed by atoms with E-state index in [0.29, 0.717) is 21.1 Å². The maximum Gasteiger partial charge on any atom is 0.308 e. The second-order valence-corrected chi connectivity index (χ2v) is 4.81. The van der Waals surface area contributed by atoms with E-state index in [1.54, 1.807) is 6.92 Å². The fraction of sp³-hybridized carbons (Fsp3) is 0.167. The maximum atomic E-state index is 13.1. The number of thiazole rings is 1. The highest BCUT2D eigenvalue weighted by Gasteiger charge is 2.13. The molecule has 1 heterocycles. The molecule has 1 aromatic heterocycles. The summed E-state index contributed by atoms with van der Waals surface area (Å²) >= 11 is 1.17. The molecule has 0 amide bonds. The third kappa shape index (κ3) is 2.53. The molecule has 18 heavy (non-hydrogen) atoms. The van der Waals surface area contributed by atoms with Crippen molar-refractivity contribution in [2.75, 3.05) is 0 Å². The summed E-state index contributed by atoms with van der Waals surface area (Å²) in [5.74, 6) is -2.81. The monoisotopic (exact) mass is 269 g/mol. The van der Waals surface area contributed by atoms with Gasteiger partial charge in [-0.2, -0.15) is 0 Å². The van der Waals surface area contributed by atoms with Gasteiger partial charge in [-0.05, 0) is 25.1 Å². The molecule has 1 aromatic carbocycles. The molecule has 1 N–H and O–H groups in total. The molecule has 0 unspecified atom stereocenters. The number of hydrogen-bond acceptors (Lipinski definition) is 3. The SMILES string of the molecule is Cc1nc(-c2ccc(F)c(F)c2)sc1CC(=O)O. The van der Waals surface area contributed by atoms with Crippen LogP contribution in [0.5, 0.6) is 0 Å². The highest BCUT2D eigenvalue weighted by Crippen LogP contribution is 2.29. The van der Waals surface area contributed by atoms with Crippen LogP contribution in [0.1, 0.15) is 10.6 Å². The molecule has 0 bridgehead atoms. The molecule has 2 aromatic rings. The van der Waals surface area contributed by atoms with Crippen molar-refractivity contribution in [3.05, 3.63) is 40.4 Å². The summed E-state index contributed by atoms with van der Waals surface area (Å²) in [4.78, 5) is 15.4. The van der Waals surface area contributed by atoms with Crippen LogP contribution < -0.4 is 0 Å². The summed E-state index contributed by atoms with van der Waals surface area (Å²) in [7, 11) is 0. The van der Waals surface area contributed by atoms with Gasteiger partial charge in [-0.25, -0.2) is 13.8 Å². The number of aromatic nitrogens is 1. The van der Waals surface area contributed by atoms with Gasteiger partial charge in [0.05, 0.1) is 12.1 Å². The second-order valence-electron chi connectivity index (χ2n) is 3.73. The number of nitrogens with zero attached hydrogens (tertiary/aromatic N) is 1. The smallest absolute Gasteiger partial charge is 0.308 e. The zero-order valence-electron chi connectivity index (χ0n) is 9.41. The van der Waals surface area contributed by atoms with E-state index in [0.717, 1.165) is 12.1 Å². The fourth-order valence-corrected chi connectivity index (χ4v) is 2.53. The van der Waals surface area contributed by atoms with Crippen molar-refractivity contribution in [3.8, 4) is 10.6 Å². The van der Waals surface area contributed by atoms with Crippen LogP contribution in [-0.2, 0) is 11.2 Å². The Morgan fingerprint density at radius 3 is 2.72 bits per heavy atom. The molecule has 0 atom stereocenters. The van der Waals surface area contributed by atoms with Crippen molar-refractivity contribution in [3.63, 3.8) is 0 Å². The highest BCUT2D eigenvalue weighted by molar-refractivity contribution is 7.15. The van der Waals surface area contributed by atoms with Crippen molar-refractivity contribution in [1.82, 2.24) is 4.98 Å². The number of carboxylic acid groups (broad SMARTS) is 1. The van der Waals surface area contributed by atoms with Gasteiger partial charge >= 0.3 is 5.97 Å². The Labute approximate surface area is 106 Å². The number of rotatable bonds is 3. The molecule has 0 saturated heterocycles. The number of carbonyl (C=O) groups is 1. The van der Waals surface area contributed by atoms with E-state index in [4.69, 9.17) is 5.11 Å². The third-order valence-corrected chi connectivity index (χ3v) is 3.58. The summed E-state index contributed by atoms with van der Waals surface area (Å²) in [6, 6.07) is 3.50. The molecule has 2 rings (SSSR count). The van der Waals surface area contributed by atoms with Crippen LogP contribution in [0, 0.1) is 18.6 Å². The number of aliphatic carboxylic acids is 1. The lowest BCUT2D eigenvalue weighted by Gasteiger charge is -1.97. The first-order chi connectivity index (χ1) is 8.47. The molecule has 0 aliphatic carbocycles. The zero-order chi connectivity index (χ0) is 13.3. The minimum atomic E-state index is -0.946. The van der Waals surface area contributed by atoms with Gasteiger partial charge in [-0.1, -0.05) is 0 Å². The fourth-order valence-electron chi connectivity index (χ4n) is 1.48. The first-order valence-electron chi connectivity index (χ1n) is 5.11. The minimum Gasteiger partial charge on any atom is -0.481 e. The van der Waals surface area contributed by atoms with Crippen LogP contribution in [0.3, 0.4) is 0 Å². The highest BCUT2D eigenvalue weighted by atomic mass is 32.1. The molecule has 0 aliphatic heterocycles. The lowest BCUT2D eigenvalue weighted by atomic mass is 10.2. The molecule has 0 aliphatic rings. The quantitative estimate of drug-likeness (QED) is 0.931. The Kier molecular flexibility index (Phi) is 3.38. The zero-order valence-corrected chi connectivity index (χ0v) is 10.2. The average molecular weight is 269 g/mol. The normalized spacial score (nSPS) is 10.6. The lowest BCUT2D eigenvalue weighted by molar-refractivity contribution is -0.136. The van der Waals surface area contributed by atoms with Crippen LogP contribution in [0.15, 0.2) is 18.2 Å². The average Bonchev–Trinajstić information content (AvgIpc) is 2.63. The number of hydrogen-bond donors (Lipinski definition) is 1. The van der Waals surface area contributed by atoms with Gasteiger partial charge in [0.15, 0.2) is 11.6 Å². The number of carboxylic acids is 1. The largest absolute Gasteiger partial charge is 0.481 e. The molecule has 0 saturated carbocycles. The molecule has 0 spiro atoms. The van der Waals surface area contributed by atoms with Crippen molar-refractivity contribution >= 4 is 17.3 Å². The topological polar surface area (TPSA) is 50.2 Å². The van der Waals surface area contributed by atoms with Crippen LogP contribution in [0.25, 0.3) is 10.6 Å². The number of halogens is 2. The van der Waals surface area contributed by atoms with E-state index < -0.39 is 17.6 Å². The van der Waals surface area contributed by atoms with Gasteiger partial charge in [-0.3, -0.25) is 4.79 Å². The van der Waals surface area contributed by atoms with Crippen LogP contribution >= 0.6 is 11.3 Å². The van der Waals surface area contributed by atoms with Crippen molar-refractivity contribution in [1.29, 1.82) is 0 Å². The number of benzene rings is 1. The minimum absolute atomic E-state index is 0.118. The number of aryl methyl sites for hydroxylation is 1. The van der Waals surface area contributed by atoms with Crippen molar-refractivity contribution < 1.29 is 18.7 Å². The molecular weight excluding hydrogens is 260 g/mol. The van der Waals surface area contributed by atoms with E-state index >= 15 is 0 Å². The van der Waals surface area contributed by atoms with Gasteiger partial charge in [0, 0.05) is 10.4 Å². The van der Waals surface area contributed by atoms with Crippen molar-refractivity contribution in [2.45, 2.75) is 13.3 Å². The summed E-state index contributed by atoms with van der Waals surface area (Å²) in [6.07, 6.45) is -0.118. The van der Waals surface area contributed by atoms with Gasteiger partial charge in [-0.15, -0.1) is 11.3 Å². The molecule has 6 heteroatoms. The summed E-state index contributed by atoms with van der Waals surface area (Å²) in [6.45, 7) is 1.69. The Hall–Kier alpha value is -1.82. The summed E-state index contributed by atoms with van der Waals surface area (Å²) < 4.78 is 25.9. The predicted molar refractivity (Wildman–Crippen MR) is 63.5 cm³/mol. The van der Waals surface area contributed by atoms with E-state index in [9.17, 15) is 13.6 Å². The van der Waals surface area contributed by atoms with E-state index in [-0.39, 0.29) is 6.42 Å². The van der Waals surface area contributed by atoms with Crippen molar-refractivity contribution in [2.24, 2.45) is 0 Å². The molecule has 0 fully saturated rings. The van der Waals surface area contributed by atoms with Crippen LogP contribution in [0.2, 0.25) is 0 Å². The van der Waals surface area contributed by atoms with E-state index in [1.807, 2.05) is 0 Å². The predicted octanol–water partition coefficient (Wildman–Crippen LogP) is 3.02. The Morgan fingerprint density at radius 2 is 2.11 bits per heavy atom. The second kappa shape index (κ2) is 4.81. The lowest BCUT2D eigenvalue weighted by Crippen LogP contribution is -1.99. The van der Waals surface area contributed by atoms with Crippen LogP contribution in [-0.4, -0.2) is 16.1 Å². The van der Waals surface area contributed by atoms with E-state index in [1.165, 1.54) is 17.4 Å². The molecular formula is C12H9F2NO2S. The van der Waals surface area contributed by atoms with Gasteiger partial charge in [0.25, 0.3) is 0 Å². The first-order valence-corrected chi connectivity index (χ1v) is 5.92. The standard InChI is InChI=1S/C12H9F2NO2S/c1-6-10(5-11(16)17)18-12(15-6)7-2-3-8(13)9(14)4-7/h2-4H,5H2,1H3,(H,16,17). The van der Waals surface area contributed by atoms with Gasteiger partial charge in [0.2, 0.25) is 0 Å². The van der Waals surface area contributed by atoms with Gasteiger partial charge < -0.3 is 5.11 Å². The Bertz CT molecular complexity index is 610. The summed E-state index contributed by atoms with van der Waals surface area (Å²) in [5.41, 5.74) is 1.04. The summed E-state index contributed by atoms with van der Waals surface area (Å²) in [5, 5.41) is 9.21. The molecule has 3 nitrogen and oxygen atoms in total. The first kappa shape index (κ1) is 12.6. The van der Waals surface area contributed by atoms with Gasteiger partial charge in [0.1, 0.15) is 5.01 Å².